The van der Waals surface area contributed by atoms with Crippen molar-refractivity contribution in [1.29, 1.82) is 0 Å². The number of pyridine rings is 1. The molecule has 1 fully saturated rings. The van der Waals surface area contributed by atoms with Crippen molar-refractivity contribution in [2.45, 2.75) is 26.1 Å². The molecule has 5 heterocycles. The molecule has 0 spiro atoms. The van der Waals surface area contributed by atoms with Crippen LogP contribution >= 0.6 is 0 Å². The van der Waals surface area contributed by atoms with Gasteiger partial charge in [0.2, 0.25) is 0 Å². The minimum atomic E-state index is -4.41. The molecule has 1 aliphatic heterocycles. The quantitative estimate of drug-likeness (QED) is 0.363. The standard InChI is InChI=1S/C25H24F3N9O/c1-14(2)37-23-20(21(34-37)15-3-5-18-17(11-15)33-24(29)38-18)22(31-13-32-23)36-9-7-35(8-10-36)19-6-4-16(12-30-19)25(26,27)28/h3-6,11-14H,7-10H2,1-2H3,(H2,29,33). The van der Waals surface area contributed by atoms with Gasteiger partial charge in [-0.15, -0.1) is 0 Å². The summed E-state index contributed by atoms with van der Waals surface area (Å²) >= 11 is 0. The molecule has 4 aromatic heterocycles. The summed E-state index contributed by atoms with van der Waals surface area (Å²) in [5, 5.41) is 5.72. The molecule has 1 saturated heterocycles. The van der Waals surface area contributed by atoms with Crippen LogP contribution in [0.1, 0.15) is 25.5 Å². The van der Waals surface area contributed by atoms with Crippen LogP contribution < -0.4 is 15.5 Å². The highest BCUT2D eigenvalue weighted by molar-refractivity contribution is 6.00. The number of benzene rings is 1. The lowest BCUT2D eigenvalue weighted by atomic mass is 10.1. The number of hydrogen-bond acceptors (Lipinski definition) is 9. The Morgan fingerprint density at radius 2 is 1.74 bits per heavy atom. The van der Waals surface area contributed by atoms with Gasteiger partial charge in [0, 0.05) is 44.0 Å². The summed E-state index contributed by atoms with van der Waals surface area (Å²) < 4.78 is 46.1. The molecule has 38 heavy (non-hydrogen) atoms. The van der Waals surface area contributed by atoms with Gasteiger partial charge in [-0.2, -0.15) is 23.3 Å². The zero-order valence-corrected chi connectivity index (χ0v) is 20.6. The number of alkyl halides is 3. The first-order valence-corrected chi connectivity index (χ1v) is 12.1. The van der Waals surface area contributed by atoms with Crippen molar-refractivity contribution in [1.82, 2.24) is 29.7 Å². The summed E-state index contributed by atoms with van der Waals surface area (Å²) in [5.41, 5.74) is 8.46. The van der Waals surface area contributed by atoms with E-state index in [0.717, 1.165) is 34.7 Å². The maximum absolute atomic E-state index is 12.9. The molecule has 5 aromatic rings. The smallest absolute Gasteiger partial charge is 0.417 e. The Balaban J connectivity index is 1.34. The van der Waals surface area contributed by atoms with E-state index in [1.54, 1.807) is 0 Å². The van der Waals surface area contributed by atoms with Gasteiger partial charge < -0.3 is 20.0 Å². The third-order valence-electron chi connectivity index (χ3n) is 6.61. The Labute approximate surface area is 214 Å². The van der Waals surface area contributed by atoms with Crippen LogP contribution in [0.25, 0.3) is 33.4 Å². The highest BCUT2D eigenvalue weighted by Gasteiger charge is 2.31. The zero-order chi connectivity index (χ0) is 26.6. The summed E-state index contributed by atoms with van der Waals surface area (Å²) in [6.45, 7) is 6.41. The van der Waals surface area contributed by atoms with Gasteiger partial charge in [-0.25, -0.2) is 19.6 Å². The predicted octanol–water partition coefficient (Wildman–Crippen LogP) is 4.54. The second-order valence-electron chi connectivity index (χ2n) is 9.39. The van der Waals surface area contributed by atoms with Gasteiger partial charge in [0.1, 0.15) is 29.2 Å². The average Bonchev–Trinajstić information content (AvgIpc) is 3.48. The van der Waals surface area contributed by atoms with Crippen LogP contribution in [0.15, 0.2) is 47.3 Å². The van der Waals surface area contributed by atoms with E-state index in [1.165, 1.54) is 12.4 Å². The van der Waals surface area contributed by atoms with E-state index in [9.17, 15) is 13.2 Å². The number of oxazole rings is 1. The van der Waals surface area contributed by atoms with Gasteiger partial charge in [-0.05, 0) is 44.2 Å². The number of rotatable bonds is 4. The molecule has 0 amide bonds. The lowest BCUT2D eigenvalue weighted by Crippen LogP contribution is -2.47. The molecule has 13 heteroatoms. The van der Waals surface area contributed by atoms with E-state index < -0.39 is 11.7 Å². The van der Waals surface area contributed by atoms with Gasteiger partial charge in [0.25, 0.3) is 6.01 Å². The van der Waals surface area contributed by atoms with Gasteiger partial charge in [-0.3, -0.25) is 0 Å². The first-order valence-electron chi connectivity index (χ1n) is 12.1. The maximum atomic E-state index is 12.9. The van der Waals surface area contributed by atoms with Gasteiger partial charge in [0.15, 0.2) is 11.2 Å². The number of nitrogens with two attached hydrogens (primary N) is 1. The van der Waals surface area contributed by atoms with Crippen molar-refractivity contribution in [3.05, 3.63) is 48.4 Å². The third-order valence-corrected chi connectivity index (χ3v) is 6.61. The van der Waals surface area contributed by atoms with Crippen molar-refractivity contribution in [2.24, 2.45) is 0 Å². The second-order valence-corrected chi connectivity index (χ2v) is 9.39. The van der Waals surface area contributed by atoms with Crippen molar-refractivity contribution in [3.8, 4) is 11.3 Å². The molecule has 0 saturated carbocycles. The van der Waals surface area contributed by atoms with Crippen LogP contribution in [-0.4, -0.2) is 55.9 Å². The molecule has 1 aromatic carbocycles. The van der Waals surface area contributed by atoms with E-state index in [2.05, 4.69) is 24.8 Å². The van der Waals surface area contributed by atoms with Crippen molar-refractivity contribution in [2.75, 3.05) is 41.7 Å². The number of halogens is 3. The fraction of sp³-hybridized carbons (Fsp3) is 0.320. The Morgan fingerprint density at radius 3 is 2.42 bits per heavy atom. The molecule has 10 nitrogen and oxygen atoms in total. The molecule has 6 rings (SSSR count). The van der Waals surface area contributed by atoms with Crippen LogP contribution in [0.4, 0.5) is 30.8 Å². The number of piperazine rings is 1. The fourth-order valence-corrected chi connectivity index (χ4v) is 4.74. The van der Waals surface area contributed by atoms with Crippen LogP contribution in [-0.2, 0) is 6.18 Å². The van der Waals surface area contributed by atoms with Crippen LogP contribution in [0.3, 0.4) is 0 Å². The van der Waals surface area contributed by atoms with Crippen LogP contribution in [0.2, 0.25) is 0 Å². The highest BCUT2D eigenvalue weighted by Crippen LogP contribution is 2.36. The molecule has 0 bridgehead atoms. The monoisotopic (exact) mass is 523 g/mol. The van der Waals surface area contributed by atoms with Crippen molar-refractivity contribution in [3.63, 3.8) is 0 Å². The van der Waals surface area contributed by atoms with Gasteiger partial charge >= 0.3 is 6.18 Å². The Bertz CT molecular complexity index is 1620. The molecule has 196 valence electrons. The van der Waals surface area contributed by atoms with Gasteiger partial charge in [0.05, 0.1) is 10.9 Å². The third kappa shape index (κ3) is 4.13. The molecule has 0 unspecified atom stereocenters. The summed E-state index contributed by atoms with van der Waals surface area (Å²) in [6.07, 6.45) is -2.00. The molecular formula is C25H24F3N9O. The number of nitrogens with zero attached hydrogens (tertiary/aromatic N) is 8. The normalized spacial score (nSPS) is 14.8. The van der Waals surface area contributed by atoms with Crippen molar-refractivity contribution < 1.29 is 17.6 Å². The second kappa shape index (κ2) is 8.85. The lowest BCUT2D eigenvalue weighted by Gasteiger charge is -2.36. The van der Waals surface area contributed by atoms with E-state index in [0.29, 0.717) is 48.7 Å². The summed E-state index contributed by atoms with van der Waals surface area (Å²) in [7, 11) is 0. The summed E-state index contributed by atoms with van der Waals surface area (Å²) in [6, 6.07) is 8.24. The van der Waals surface area contributed by atoms with E-state index in [1.807, 2.05) is 41.6 Å². The van der Waals surface area contributed by atoms with E-state index in [4.69, 9.17) is 15.2 Å². The Kier molecular flexibility index (Phi) is 5.58. The predicted molar refractivity (Wildman–Crippen MR) is 137 cm³/mol. The maximum Gasteiger partial charge on any atom is 0.417 e. The molecule has 0 radical (unpaired) electrons. The number of hydrogen-bond donors (Lipinski definition) is 1. The van der Waals surface area contributed by atoms with E-state index >= 15 is 0 Å². The zero-order valence-electron chi connectivity index (χ0n) is 20.6. The minimum absolute atomic E-state index is 0.0583. The molecule has 0 atom stereocenters. The Hall–Kier alpha value is -4.42. The lowest BCUT2D eigenvalue weighted by molar-refractivity contribution is -0.137. The number of fused-ring (bicyclic) bond motifs is 2. The van der Waals surface area contributed by atoms with Crippen LogP contribution in [0.5, 0.6) is 0 Å². The number of aromatic nitrogens is 6. The average molecular weight is 524 g/mol. The number of anilines is 3. The molecule has 2 N–H and O–H groups in total. The largest absolute Gasteiger partial charge is 0.424 e. The molecule has 1 aliphatic rings. The van der Waals surface area contributed by atoms with E-state index in [-0.39, 0.29) is 12.1 Å². The molecule has 0 aliphatic carbocycles. The number of nitrogen functional groups attached to an aromatic ring is 1. The Morgan fingerprint density at radius 1 is 0.974 bits per heavy atom. The van der Waals surface area contributed by atoms with Gasteiger partial charge in [-0.1, -0.05) is 0 Å². The summed E-state index contributed by atoms with van der Waals surface area (Å²) in [4.78, 5) is 21.6. The first kappa shape index (κ1) is 23.9. The topological polar surface area (TPSA) is 115 Å². The minimum Gasteiger partial charge on any atom is -0.424 e. The fourth-order valence-electron chi connectivity index (χ4n) is 4.74. The first-order chi connectivity index (χ1) is 18.2. The van der Waals surface area contributed by atoms with Crippen molar-refractivity contribution >= 4 is 39.8 Å². The SMILES string of the molecule is CC(C)n1nc(-c2ccc3oc(N)nc3c2)c2c(N3CCN(c4ccc(C(F)(F)F)cn4)CC3)ncnc21. The molecular weight excluding hydrogens is 499 g/mol. The van der Waals surface area contributed by atoms with Crippen LogP contribution in [0, 0.1) is 0 Å². The summed E-state index contributed by atoms with van der Waals surface area (Å²) in [5.74, 6) is 1.26. The highest BCUT2D eigenvalue weighted by atomic mass is 19.4.